The molecule has 8 heteroatoms. The Morgan fingerprint density at radius 1 is 1.06 bits per heavy atom. The van der Waals surface area contributed by atoms with Gasteiger partial charge in [-0.15, -0.1) is 0 Å². The van der Waals surface area contributed by atoms with Gasteiger partial charge in [-0.2, -0.15) is 0 Å². The van der Waals surface area contributed by atoms with Crippen molar-refractivity contribution >= 4 is 58.6 Å². The molecular weight excluding hydrogens is 440 g/mol. The van der Waals surface area contributed by atoms with Crippen LogP contribution >= 0.6 is 23.2 Å². The maximum atomic E-state index is 6.61. The number of nitrogens with one attached hydrogen (secondary N) is 1. The monoisotopic (exact) mass is 480 g/mol. The van der Waals surface area contributed by atoms with Crippen LogP contribution in [0.5, 0.6) is 0 Å². The van der Waals surface area contributed by atoms with E-state index in [0.717, 1.165) is 80.7 Å². The van der Waals surface area contributed by atoms with Gasteiger partial charge in [0.25, 0.3) is 0 Å². The van der Waals surface area contributed by atoms with Gasteiger partial charge in [0.05, 0.1) is 26.9 Å². The molecule has 1 fully saturated rings. The van der Waals surface area contributed by atoms with E-state index in [-0.39, 0.29) is 0 Å². The van der Waals surface area contributed by atoms with Gasteiger partial charge >= 0.3 is 0 Å². The molecule has 0 saturated carbocycles. The second kappa shape index (κ2) is 15.5. The van der Waals surface area contributed by atoms with Crippen LogP contribution in [0.2, 0.25) is 22.7 Å². The minimum atomic E-state index is 0.510. The number of likely N-dealkylation sites (N-methyl/N-ethyl adjacent to an activating group) is 1. The number of rotatable bonds is 8. The quantitative estimate of drug-likeness (QED) is 0.412. The van der Waals surface area contributed by atoms with E-state index in [0.29, 0.717) is 15.7 Å². The highest BCUT2D eigenvalue weighted by molar-refractivity contribution is 6.43. The number of nitrogens with zero attached hydrogens (tertiary/aromatic N) is 3. The molecule has 1 aromatic carbocycles. The summed E-state index contributed by atoms with van der Waals surface area (Å²) in [6.45, 7) is 18.2. The van der Waals surface area contributed by atoms with Crippen LogP contribution in [0.4, 0.5) is 17.2 Å². The lowest BCUT2D eigenvalue weighted by Gasteiger charge is -2.30. The van der Waals surface area contributed by atoms with Crippen molar-refractivity contribution in [2.75, 3.05) is 55.2 Å². The zero-order valence-electron chi connectivity index (χ0n) is 20.8. The van der Waals surface area contributed by atoms with Crippen molar-refractivity contribution in [3.8, 4) is 0 Å². The molecule has 1 radical (unpaired) electrons. The molecule has 1 aliphatic rings. The molecule has 0 amide bonds. The lowest BCUT2D eigenvalue weighted by molar-refractivity contribution is 0.300. The number of halogens is 2. The Bertz CT molecular complexity index is 813. The summed E-state index contributed by atoms with van der Waals surface area (Å²) in [7, 11) is 2.32. The first-order valence-electron chi connectivity index (χ1n) is 12.2. The smallest absolute Gasteiger partial charge is 0.154 e. The van der Waals surface area contributed by atoms with Gasteiger partial charge in [0.15, 0.2) is 5.82 Å². The SMILES string of the molecule is CC.CC.CCCN(CC)CCNc1c(N)c(N2CC[B]CC2)nc2cc(Cl)c(Cl)cc12. The maximum absolute atomic E-state index is 6.61. The molecular formula is C24H41BCl2N5. The van der Waals surface area contributed by atoms with E-state index in [1.54, 1.807) is 0 Å². The second-order valence-corrected chi connectivity index (χ2v) is 8.04. The third kappa shape index (κ3) is 7.60. The number of aromatic nitrogens is 1. The zero-order valence-corrected chi connectivity index (χ0v) is 22.3. The largest absolute Gasteiger partial charge is 0.394 e. The fraction of sp³-hybridized carbons (Fsp3) is 0.625. The summed E-state index contributed by atoms with van der Waals surface area (Å²) in [6.07, 6.45) is 3.25. The van der Waals surface area contributed by atoms with Gasteiger partial charge in [-0.3, -0.25) is 0 Å². The van der Waals surface area contributed by atoms with Crippen LogP contribution in [0, 0.1) is 0 Å². The molecule has 0 aliphatic carbocycles. The summed E-state index contributed by atoms with van der Waals surface area (Å²) in [5, 5.41) is 5.50. The van der Waals surface area contributed by atoms with Gasteiger partial charge < -0.3 is 20.9 Å². The van der Waals surface area contributed by atoms with E-state index in [1.807, 2.05) is 39.8 Å². The first-order chi connectivity index (χ1) is 15.5. The maximum Gasteiger partial charge on any atom is 0.154 e. The Hall–Kier alpha value is -1.37. The topological polar surface area (TPSA) is 57.4 Å². The molecule has 0 spiro atoms. The van der Waals surface area contributed by atoms with Gasteiger partial charge in [0.1, 0.15) is 7.28 Å². The van der Waals surface area contributed by atoms with Crippen LogP contribution in [0.25, 0.3) is 10.9 Å². The number of nitrogens with two attached hydrogens (primary N) is 1. The standard InChI is InChI=1S/C20H29BCl2N5.2C2H6/c1-3-8-27(4-2)11-7-25-19-14-12-15(22)16(23)13-17(14)26-20(18(19)24)28-9-5-21-6-10-28;2*1-2/h12-13H,3-11,24H2,1-2H3,(H,25,26);2*1-2H3. The Morgan fingerprint density at radius 3 is 2.28 bits per heavy atom. The fourth-order valence-electron chi connectivity index (χ4n) is 3.74. The van der Waals surface area contributed by atoms with Crippen LogP contribution in [-0.2, 0) is 0 Å². The molecule has 32 heavy (non-hydrogen) atoms. The molecule has 1 saturated heterocycles. The molecule has 2 aromatic rings. The average molecular weight is 481 g/mol. The van der Waals surface area contributed by atoms with Crippen molar-refractivity contribution < 1.29 is 0 Å². The van der Waals surface area contributed by atoms with Crippen molar-refractivity contribution in [1.29, 1.82) is 0 Å². The molecule has 0 atom stereocenters. The number of nitrogen functional groups attached to an aromatic ring is 1. The van der Waals surface area contributed by atoms with E-state index in [2.05, 4.69) is 36.2 Å². The highest BCUT2D eigenvalue weighted by atomic mass is 35.5. The van der Waals surface area contributed by atoms with E-state index in [4.69, 9.17) is 33.9 Å². The van der Waals surface area contributed by atoms with Gasteiger partial charge in [0, 0.05) is 31.6 Å². The van der Waals surface area contributed by atoms with Crippen LogP contribution in [0.1, 0.15) is 48.0 Å². The van der Waals surface area contributed by atoms with Crippen molar-refractivity contribution in [1.82, 2.24) is 9.88 Å². The molecule has 5 nitrogen and oxygen atoms in total. The lowest BCUT2D eigenvalue weighted by atomic mass is 9.68. The van der Waals surface area contributed by atoms with Gasteiger partial charge in [-0.25, -0.2) is 4.98 Å². The fourth-order valence-corrected chi connectivity index (χ4v) is 4.06. The number of benzene rings is 1. The van der Waals surface area contributed by atoms with Crippen molar-refractivity contribution in [3.05, 3.63) is 22.2 Å². The molecule has 3 rings (SSSR count). The van der Waals surface area contributed by atoms with E-state index in [1.165, 1.54) is 0 Å². The average Bonchev–Trinajstić information content (AvgIpc) is 2.84. The summed E-state index contributed by atoms with van der Waals surface area (Å²) >= 11 is 12.6. The predicted molar refractivity (Wildman–Crippen MR) is 147 cm³/mol. The third-order valence-corrected chi connectivity index (χ3v) is 5.99. The highest BCUT2D eigenvalue weighted by Gasteiger charge is 2.20. The summed E-state index contributed by atoms with van der Waals surface area (Å²) in [5.74, 6) is 0.836. The number of anilines is 3. The Kier molecular flexibility index (Phi) is 13.9. The van der Waals surface area contributed by atoms with Crippen molar-refractivity contribution in [2.24, 2.45) is 0 Å². The molecule has 0 unspecified atom stereocenters. The van der Waals surface area contributed by atoms with Crippen LogP contribution < -0.4 is 16.0 Å². The summed E-state index contributed by atoms with van der Waals surface area (Å²) < 4.78 is 0. The van der Waals surface area contributed by atoms with E-state index >= 15 is 0 Å². The zero-order chi connectivity index (χ0) is 24.1. The van der Waals surface area contributed by atoms with E-state index < -0.39 is 0 Å². The number of hydrogen-bond donors (Lipinski definition) is 2. The molecule has 2 heterocycles. The van der Waals surface area contributed by atoms with Gasteiger partial charge in [-0.1, -0.05) is 77.4 Å². The number of fused-ring (bicyclic) bond motifs is 1. The van der Waals surface area contributed by atoms with Crippen LogP contribution in [-0.4, -0.2) is 56.4 Å². The summed E-state index contributed by atoms with van der Waals surface area (Å²) in [6, 6.07) is 3.70. The van der Waals surface area contributed by atoms with Crippen molar-refractivity contribution in [2.45, 2.75) is 60.6 Å². The Labute approximate surface area is 206 Å². The summed E-state index contributed by atoms with van der Waals surface area (Å²) in [4.78, 5) is 9.53. The number of pyridine rings is 1. The molecule has 1 aromatic heterocycles. The van der Waals surface area contributed by atoms with Gasteiger partial charge in [0.2, 0.25) is 0 Å². The Morgan fingerprint density at radius 2 is 1.69 bits per heavy atom. The van der Waals surface area contributed by atoms with Crippen LogP contribution in [0.3, 0.4) is 0 Å². The third-order valence-electron chi connectivity index (χ3n) is 5.27. The van der Waals surface area contributed by atoms with E-state index in [9.17, 15) is 0 Å². The predicted octanol–water partition coefficient (Wildman–Crippen LogP) is 6.68. The highest BCUT2D eigenvalue weighted by Crippen LogP contribution is 2.39. The molecule has 179 valence electrons. The van der Waals surface area contributed by atoms with Gasteiger partial charge in [-0.05, 0) is 31.6 Å². The number of hydrogen-bond acceptors (Lipinski definition) is 5. The molecule has 1 aliphatic heterocycles. The lowest BCUT2D eigenvalue weighted by Crippen LogP contribution is -2.33. The first-order valence-corrected chi connectivity index (χ1v) is 12.9. The molecule has 3 N–H and O–H groups in total. The minimum Gasteiger partial charge on any atom is -0.394 e. The Balaban J connectivity index is 0.00000121. The first kappa shape index (κ1) is 28.7. The van der Waals surface area contributed by atoms with Crippen molar-refractivity contribution in [3.63, 3.8) is 0 Å². The summed E-state index contributed by atoms with van der Waals surface area (Å²) in [5.41, 5.74) is 9.02. The minimum absolute atomic E-state index is 0.510. The van der Waals surface area contributed by atoms with Crippen LogP contribution in [0.15, 0.2) is 12.1 Å². The normalized spacial score (nSPS) is 13.1. The second-order valence-electron chi connectivity index (χ2n) is 7.22. The molecule has 0 bridgehead atoms.